The molecule has 1 aliphatic heterocycles. The molecule has 1 fully saturated rings. The molecule has 2 aromatic rings. The molecule has 0 aliphatic carbocycles. The van der Waals surface area contributed by atoms with E-state index in [0.29, 0.717) is 36.9 Å². The molecule has 3 rings (SSSR count). The number of carbonyl (C=O) groups excluding carboxylic acids is 1. The van der Waals surface area contributed by atoms with E-state index in [1.807, 2.05) is 17.0 Å². The average molecular weight is 402 g/mol. The van der Waals surface area contributed by atoms with Crippen LogP contribution in [0.3, 0.4) is 0 Å². The Morgan fingerprint density at radius 2 is 1.59 bits per heavy atom. The topological polar surface area (TPSA) is 51.2 Å². The number of methoxy groups -OCH3 is 3. The van der Waals surface area contributed by atoms with Gasteiger partial charge in [0.15, 0.2) is 11.5 Å². The van der Waals surface area contributed by atoms with Crippen molar-refractivity contribution < 1.29 is 23.4 Å². The summed E-state index contributed by atoms with van der Waals surface area (Å²) in [5, 5.41) is 0. The summed E-state index contributed by atoms with van der Waals surface area (Å²) in [5.74, 6) is 1.39. The van der Waals surface area contributed by atoms with Crippen LogP contribution in [0.25, 0.3) is 0 Å². The molecule has 1 heterocycles. The summed E-state index contributed by atoms with van der Waals surface area (Å²) < 4.78 is 29.3. The number of amides is 1. The first-order valence-electron chi connectivity index (χ1n) is 9.63. The minimum atomic E-state index is -0.245. The van der Waals surface area contributed by atoms with Crippen molar-refractivity contribution in [3.8, 4) is 17.2 Å². The van der Waals surface area contributed by atoms with Gasteiger partial charge in [0.05, 0.1) is 27.8 Å². The molecule has 1 aliphatic rings. The molecule has 2 aromatic carbocycles. The Morgan fingerprint density at radius 3 is 2.17 bits per heavy atom. The lowest BCUT2D eigenvalue weighted by molar-refractivity contribution is -0.130. The Kier molecular flexibility index (Phi) is 6.80. The summed E-state index contributed by atoms with van der Waals surface area (Å²) in [5.41, 5.74) is 1.79. The van der Waals surface area contributed by atoms with E-state index < -0.39 is 0 Å². The zero-order valence-electron chi connectivity index (χ0n) is 17.1. The second kappa shape index (κ2) is 9.49. The number of carbonyl (C=O) groups is 1. The molecule has 0 N–H and O–H groups in total. The van der Waals surface area contributed by atoms with E-state index in [4.69, 9.17) is 14.2 Å². The highest BCUT2D eigenvalue weighted by Crippen LogP contribution is 2.38. The lowest BCUT2D eigenvalue weighted by atomic mass is 10.1. The molecule has 0 atom stereocenters. The minimum Gasteiger partial charge on any atom is -0.493 e. The van der Waals surface area contributed by atoms with Crippen LogP contribution >= 0.6 is 0 Å². The Balaban J connectivity index is 1.67. The van der Waals surface area contributed by atoms with Crippen LogP contribution in [0.2, 0.25) is 0 Å². The summed E-state index contributed by atoms with van der Waals surface area (Å²) in [6.07, 6.45) is 1.12. The van der Waals surface area contributed by atoms with Crippen molar-refractivity contribution in [2.24, 2.45) is 0 Å². The summed E-state index contributed by atoms with van der Waals surface area (Å²) in [6, 6.07) is 10.1. The van der Waals surface area contributed by atoms with Gasteiger partial charge in [-0.1, -0.05) is 0 Å². The van der Waals surface area contributed by atoms with Gasteiger partial charge in [0, 0.05) is 31.9 Å². The Labute approximate surface area is 170 Å². The molecule has 0 unspecified atom stereocenters. The maximum Gasteiger partial charge on any atom is 0.227 e. The lowest BCUT2D eigenvalue weighted by Gasteiger charge is -2.24. The van der Waals surface area contributed by atoms with Crippen LogP contribution in [0, 0.1) is 5.82 Å². The second-order valence-corrected chi connectivity index (χ2v) is 6.91. The molecule has 7 heteroatoms. The highest BCUT2D eigenvalue weighted by Gasteiger charge is 2.21. The van der Waals surface area contributed by atoms with Crippen LogP contribution in [-0.4, -0.2) is 58.3 Å². The molecular weight excluding hydrogens is 375 g/mol. The molecule has 0 radical (unpaired) electrons. The molecular formula is C22H27FN2O4. The van der Waals surface area contributed by atoms with Crippen LogP contribution in [0.5, 0.6) is 17.2 Å². The van der Waals surface area contributed by atoms with Crippen molar-refractivity contribution in [3.05, 3.63) is 47.8 Å². The largest absolute Gasteiger partial charge is 0.493 e. The highest BCUT2D eigenvalue weighted by atomic mass is 19.1. The molecule has 1 amide bonds. The number of rotatable bonds is 6. The SMILES string of the molecule is COc1cc(CC(=O)N2CCCN(c3ccc(F)cc3)CC2)cc(OC)c1OC. The third-order valence-electron chi connectivity index (χ3n) is 5.12. The number of halogens is 1. The van der Waals surface area contributed by atoms with Gasteiger partial charge in [0.1, 0.15) is 5.82 Å². The quantitative estimate of drug-likeness (QED) is 0.743. The Bertz CT molecular complexity index is 816. The maximum absolute atomic E-state index is 13.2. The van der Waals surface area contributed by atoms with Crippen LogP contribution in [0.15, 0.2) is 36.4 Å². The van der Waals surface area contributed by atoms with E-state index in [1.165, 1.54) is 12.1 Å². The van der Waals surface area contributed by atoms with Gasteiger partial charge in [-0.15, -0.1) is 0 Å². The molecule has 6 nitrogen and oxygen atoms in total. The molecule has 0 bridgehead atoms. The normalized spacial score (nSPS) is 14.3. The Hall–Kier alpha value is -2.96. The number of benzene rings is 2. The number of hydrogen-bond donors (Lipinski definition) is 0. The van der Waals surface area contributed by atoms with Gasteiger partial charge in [-0.25, -0.2) is 4.39 Å². The van der Waals surface area contributed by atoms with E-state index in [1.54, 1.807) is 33.5 Å². The molecule has 0 aromatic heterocycles. The van der Waals surface area contributed by atoms with Crippen molar-refractivity contribution in [1.82, 2.24) is 4.90 Å². The van der Waals surface area contributed by atoms with Crippen molar-refractivity contribution in [2.45, 2.75) is 12.8 Å². The Morgan fingerprint density at radius 1 is 0.931 bits per heavy atom. The van der Waals surface area contributed by atoms with Crippen molar-refractivity contribution in [3.63, 3.8) is 0 Å². The maximum atomic E-state index is 13.2. The van der Waals surface area contributed by atoms with Gasteiger partial charge >= 0.3 is 0 Å². The zero-order valence-corrected chi connectivity index (χ0v) is 17.1. The minimum absolute atomic E-state index is 0.0558. The van der Waals surface area contributed by atoms with Crippen LogP contribution in [0.1, 0.15) is 12.0 Å². The van der Waals surface area contributed by atoms with Gasteiger partial charge in [-0.2, -0.15) is 0 Å². The van der Waals surface area contributed by atoms with Gasteiger partial charge < -0.3 is 24.0 Å². The first kappa shape index (κ1) is 20.8. The molecule has 0 saturated carbocycles. The van der Waals surface area contributed by atoms with E-state index in [2.05, 4.69) is 4.90 Å². The van der Waals surface area contributed by atoms with Crippen molar-refractivity contribution in [2.75, 3.05) is 52.4 Å². The lowest BCUT2D eigenvalue weighted by Crippen LogP contribution is -2.36. The number of hydrogen-bond acceptors (Lipinski definition) is 5. The summed E-state index contributed by atoms with van der Waals surface area (Å²) >= 11 is 0. The van der Waals surface area contributed by atoms with Crippen LogP contribution in [-0.2, 0) is 11.2 Å². The van der Waals surface area contributed by atoms with E-state index in [0.717, 1.165) is 24.2 Å². The average Bonchev–Trinajstić information content (AvgIpc) is 3.00. The predicted octanol–water partition coefficient (Wildman–Crippen LogP) is 3.13. The third kappa shape index (κ3) is 4.91. The molecule has 156 valence electrons. The standard InChI is InChI=1S/C22H27FN2O4/c1-27-19-13-16(14-20(28-2)22(19)29-3)15-21(26)25-10-4-9-24(11-12-25)18-7-5-17(23)6-8-18/h5-8,13-14H,4,9-12,15H2,1-3H3. The third-order valence-corrected chi connectivity index (χ3v) is 5.12. The van der Waals surface area contributed by atoms with Crippen molar-refractivity contribution >= 4 is 11.6 Å². The van der Waals surface area contributed by atoms with Gasteiger partial charge in [0.25, 0.3) is 0 Å². The van der Waals surface area contributed by atoms with E-state index >= 15 is 0 Å². The van der Waals surface area contributed by atoms with Crippen molar-refractivity contribution in [1.29, 1.82) is 0 Å². The predicted molar refractivity (Wildman–Crippen MR) is 110 cm³/mol. The first-order chi connectivity index (χ1) is 14.0. The summed E-state index contributed by atoms with van der Waals surface area (Å²) in [4.78, 5) is 17.0. The van der Waals surface area contributed by atoms with Gasteiger partial charge in [0.2, 0.25) is 11.7 Å². The van der Waals surface area contributed by atoms with Crippen LogP contribution in [0.4, 0.5) is 10.1 Å². The number of nitrogens with zero attached hydrogens (tertiary/aromatic N) is 2. The molecule has 0 spiro atoms. The van der Waals surface area contributed by atoms with Crippen LogP contribution < -0.4 is 19.1 Å². The summed E-state index contributed by atoms with van der Waals surface area (Å²) in [6.45, 7) is 2.87. The number of anilines is 1. The van der Waals surface area contributed by atoms with E-state index in [9.17, 15) is 9.18 Å². The highest BCUT2D eigenvalue weighted by molar-refractivity contribution is 5.79. The fraction of sp³-hybridized carbons (Fsp3) is 0.409. The fourth-order valence-electron chi connectivity index (χ4n) is 3.60. The zero-order chi connectivity index (χ0) is 20.8. The number of ether oxygens (including phenoxy) is 3. The molecule has 29 heavy (non-hydrogen) atoms. The van der Waals surface area contributed by atoms with Gasteiger partial charge in [-0.3, -0.25) is 4.79 Å². The first-order valence-corrected chi connectivity index (χ1v) is 9.63. The van der Waals surface area contributed by atoms with E-state index in [-0.39, 0.29) is 18.1 Å². The summed E-state index contributed by atoms with van der Waals surface area (Å²) in [7, 11) is 4.67. The second-order valence-electron chi connectivity index (χ2n) is 6.91. The fourth-order valence-corrected chi connectivity index (χ4v) is 3.60. The molecule has 1 saturated heterocycles. The van der Waals surface area contributed by atoms with Gasteiger partial charge in [-0.05, 0) is 48.4 Å². The monoisotopic (exact) mass is 402 g/mol. The smallest absolute Gasteiger partial charge is 0.227 e.